The first-order chi connectivity index (χ1) is 16.2. The van der Waals surface area contributed by atoms with Crippen LogP contribution in [0, 0.1) is 28.8 Å². The maximum atomic E-state index is 13.6. The molecule has 34 heavy (non-hydrogen) atoms. The molecule has 3 N–H and O–H groups in total. The highest BCUT2D eigenvalue weighted by molar-refractivity contribution is 9.10. The van der Waals surface area contributed by atoms with Crippen molar-refractivity contribution >= 4 is 27.7 Å². The lowest BCUT2D eigenvalue weighted by Gasteiger charge is -2.41. The van der Waals surface area contributed by atoms with Gasteiger partial charge in [0.2, 0.25) is 0 Å². The Morgan fingerprint density at radius 3 is 2.50 bits per heavy atom. The predicted octanol–water partition coefficient (Wildman–Crippen LogP) is 2.16. The Balaban J connectivity index is 1.63. The highest BCUT2D eigenvalue weighted by Crippen LogP contribution is 2.38. The number of rotatable bonds is 5. The number of aromatic nitrogens is 4. The number of pyridine rings is 1. The van der Waals surface area contributed by atoms with Crippen molar-refractivity contribution in [1.29, 1.82) is 5.26 Å². The molecule has 5 atom stereocenters. The van der Waals surface area contributed by atoms with Gasteiger partial charge in [-0.1, -0.05) is 17.0 Å². The van der Waals surface area contributed by atoms with Crippen molar-refractivity contribution in [1.82, 2.24) is 20.0 Å². The molecular weight excluding hydrogens is 543 g/mol. The molecule has 1 fully saturated rings. The average molecular weight is 558 g/mol. The minimum Gasteiger partial charge on any atom is -0.394 e. The van der Waals surface area contributed by atoms with E-state index in [0.717, 1.165) is 28.6 Å². The SMILES string of the molecule is N#Cc1ncc(SC2OC(CO)C(O)C(n3cc(-c4cc(F)c(F)c(F)c4)nn3)C2O)cc1Br. The average Bonchev–Trinajstić information content (AvgIpc) is 3.29. The molecule has 0 spiro atoms. The minimum absolute atomic E-state index is 0.0336. The third-order valence-corrected chi connectivity index (χ3v) is 6.84. The van der Waals surface area contributed by atoms with Crippen LogP contribution < -0.4 is 0 Å². The Kier molecular flexibility index (Phi) is 7.22. The summed E-state index contributed by atoms with van der Waals surface area (Å²) in [5.41, 5.74) is -0.967. The molecule has 3 heterocycles. The van der Waals surface area contributed by atoms with Gasteiger partial charge in [0.25, 0.3) is 0 Å². The molecule has 1 aliphatic heterocycles. The van der Waals surface area contributed by atoms with Crippen molar-refractivity contribution in [2.24, 2.45) is 0 Å². The van der Waals surface area contributed by atoms with E-state index in [0.29, 0.717) is 9.37 Å². The molecule has 1 aliphatic rings. The van der Waals surface area contributed by atoms with Gasteiger partial charge in [0.05, 0.1) is 17.3 Å². The number of hydrogen-bond donors (Lipinski definition) is 3. The van der Waals surface area contributed by atoms with Crippen LogP contribution in [-0.2, 0) is 4.74 Å². The number of nitriles is 1. The van der Waals surface area contributed by atoms with Crippen LogP contribution in [0.3, 0.4) is 0 Å². The molecule has 0 bridgehead atoms. The van der Waals surface area contributed by atoms with E-state index < -0.39 is 53.8 Å². The van der Waals surface area contributed by atoms with Crippen molar-refractivity contribution in [2.75, 3.05) is 6.61 Å². The third-order valence-electron chi connectivity index (χ3n) is 5.12. The van der Waals surface area contributed by atoms with Crippen LogP contribution in [-0.4, -0.2) is 65.7 Å². The maximum absolute atomic E-state index is 13.6. The summed E-state index contributed by atoms with van der Waals surface area (Å²) in [5.74, 6) is -4.44. The zero-order valence-corrected chi connectivity index (χ0v) is 19.3. The number of benzene rings is 1. The van der Waals surface area contributed by atoms with E-state index in [1.807, 2.05) is 6.07 Å². The lowest BCUT2D eigenvalue weighted by molar-refractivity contribution is -0.178. The van der Waals surface area contributed by atoms with Gasteiger partial charge in [-0.3, -0.25) is 0 Å². The minimum atomic E-state index is -1.62. The summed E-state index contributed by atoms with van der Waals surface area (Å²) in [7, 11) is 0. The number of thioether (sulfide) groups is 1. The Morgan fingerprint density at radius 2 is 1.88 bits per heavy atom. The standard InChI is InChI=1S/C20H15BrF3N5O4S/c21-10-3-9(5-26-13(10)4-25)34-20-19(32)17(18(31)15(7-30)33-20)29-6-14(27-28-29)8-1-11(22)16(24)12(23)2-8/h1-3,5-6,15,17-20,30-32H,7H2. The van der Waals surface area contributed by atoms with Gasteiger partial charge >= 0.3 is 0 Å². The highest BCUT2D eigenvalue weighted by atomic mass is 79.9. The molecular formula is C20H15BrF3N5O4S. The van der Waals surface area contributed by atoms with Crippen LogP contribution >= 0.6 is 27.7 Å². The van der Waals surface area contributed by atoms with E-state index in [4.69, 9.17) is 10.00 Å². The first-order valence-electron chi connectivity index (χ1n) is 9.65. The lowest BCUT2D eigenvalue weighted by Crippen LogP contribution is -2.55. The summed E-state index contributed by atoms with van der Waals surface area (Å²) < 4.78 is 47.7. The monoisotopic (exact) mass is 557 g/mol. The summed E-state index contributed by atoms with van der Waals surface area (Å²) in [6.45, 7) is -0.577. The number of halogens is 4. The molecule has 4 rings (SSSR count). The van der Waals surface area contributed by atoms with Crippen LogP contribution in [0.25, 0.3) is 11.3 Å². The van der Waals surface area contributed by atoms with Crippen molar-refractivity contribution in [3.63, 3.8) is 0 Å². The summed E-state index contributed by atoms with van der Waals surface area (Å²) in [4.78, 5) is 4.52. The van der Waals surface area contributed by atoms with Crippen molar-refractivity contribution in [2.45, 2.75) is 34.7 Å². The summed E-state index contributed by atoms with van der Waals surface area (Å²) >= 11 is 4.27. The quantitative estimate of drug-likeness (QED) is 0.403. The van der Waals surface area contributed by atoms with Gasteiger partial charge in [0.15, 0.2) is 23.1 Å². The zero-order valence-electron chi connectivity index (χ0n) is 16.9. The number of aliphatic hydroxyl groups excluding tert-OH is 3. The van der Waals surface area contributed by atoms with Crippen LogP contribution in [0.4, 0.5) is 13.2 Å². The van der Waals surface area contributed by atoms with E-state index >= 15 is 0 Å². The van der Waals surface area contributed by atoms with E-state index in [1.54, 1.807) is 6.07 Å². The van der Waals surface area contributed by atoms with Crippen molar-refractivity contribution in [3.8, 4) is 17.3 Å². The van der Waals surface area contributed by atoms with Crippen LogP contribution in [0.15, 0.2) is 40.0 Å². The zero-order chi connectivity index (χ0) is 24.6. The molecule has 0 amide bonds. The Bertz CT molecular complexity index is 1240. The number of aliphatic hydroxyl groups is 3. The van der Waals surface area contributed by atoms with Crippen LogP contribution in [0.2, 0.25) is 0 Å². The van der Waals surface area contributed by atoms with E-state index in [1.165, 1.54) is 12.4 Å². The fourth-order valence-corrected chi connectivity index (χ4v) is 5.09. The molecule has 0 aliphatic carbocycles. The third kappa shape index (κ3) is 4.67. The van der Waals surface area contributed by atoms with Crippen molar-refractivity contribution < 1.29 is 33.2 Å². The van der Waals surface area contributed by atoms with Gasteiger partial charge in [-0.05, 0) is 34.1 Å². The topological polar surface area (TPSA) is 137 Å². The molecule has 0 saturated carbocycles. The molecule has 1 aromatic carbocycles. The largest absolute Gasteiger partial charge is 0.394 e. The molecule has 1 saturated heterocycles. The van der Waals surface area contributed by atoms with E-state index in [9.17, 15) is 28.5 Å². The van der Waals surface area contributed by atoms with Gasteiger partial charge < -0.3 is 20.1 Å². The fourth-order valence-electron chi connectivity index (χ4n) is 3.44. The summed E-state index contributed by atoms with van der Waals surface area (Å²) in [6, 6.07) is 3.84. The first-order valence-corrected chi connectivity index (χ1v) is 11.3. The van der Waals surface area contributed by atoms with E-state index in [2.05, 4.69) is 31.2 Å². The molecule has 3 aromatic rings. The number of nitrogens with zero attached hydrogens (tertiary/aromatic N) is 5. The summed E-state index contributed by atoms with van der Waals surface area (Å²) in [6.07, 6.45) is -1.27. The molecule has 9 nitrogen and oxygen atoms in total. The normalized spacial score (nSPS) is 24.7. The highest BCUT2D eigenvalue weighted by Gasteiger charge is 2.46. The Hall–Kier alpha value is -2.54. The Labute approximate surface area is 202 Å². The van der Waals surface area contributed by atoms with Crippen LogP contribution in [0.5, 0.6) is 0 Å². The van der Waals surface area contributed by atoms with Crippen LogP contribution in [0.1, 0.15) is 11.7 Å². The smallest absolute Gasteiger partial charge is 0.194 e. The lowest BCUT2D eigenvalue weighted by atomic mass is 9.97. The second-order valence-corrected chi connectivity index (χ2v) is 9.29. The predicted molar refractivity (Wildman–Crippen MR) is 115 cm³/mol. The molecule has 178 valence electrons. The van der Waals surface area contributed by atoms with Gasteiger partial charge in [0, 0.05) is 16.7 Å². The number of ether oxygens (including phenoxy) is 1. The molecule has 5 unspecified atom stereocenters. The van der Waals surface area contributed by atoms with Crippen molar-refractivity contribution in [3.05, 3.63) is 58.2 Å². The maximum Gasteiger partial charge on any atom is 0.194 e. The van der Waals surface area contributed by atoms with Gasteiger partial charge in [0.1, 0.15) is 41.6 Å². The van der Waals surface area contributed by atoms with Gasteiger partial charge in [-0.25, -0.2) is 22.8 Å². The second-order valence-electron chi connectivity index (χ2n) is 7.27. The number of hydrogen-bond acceptors (Lipinski definition) is 9. The molecule has 0 radical (unpaired) electrons. The van der Waals surface area contributed by atoms with Gasteiger partial charge in [-0.2, -0.15) is 5.26 Å². The summed E-state index contributed by atoms with van der Waals surface area (Å²) in [5, 5.41) is 48.0. The first kappa shape index (κ1) is 24.6. The molecule has 14 heteroatoms. The second kappa shape index (κ2) is 9.98. The fraction of sp³-hybridized carbons (Fsp3) is 0.300. The Morgan fingerprint density at radius 1 is 1.18 bits per heavy atom. The van der Waals surface area contributed by atoms with E-state index in [-0.39, 0.29) is 17.0 Å². The van der Waals surface area contributed by atoms with Gasteiger partial charge in [-0.15, -0.1) is 5.10 Å². The molecule has 2 aromatic heterocycles.